The Bertz CT molecular complexity index is 920. The lowest BCUT2D eigenvalue weighted by molar-refractivity contribution is -0.133. The molecular weight excluding hydrogens is 332 g/mol. The summed E-state index contributed by atoms with van der Waals surface area (Å²) in [6, 6.07) is 16.7. The minimum absolute atomic E-state index is 0.298. The number of nitriles is 1. The van der Waals surface area contributed by atoms with Crippen LogP contribution in [-0.4, -0.2) is 29.3 Å². The largest absolute Gasteiger partial charge is 0.325 e. The highest BCUT2D eigenvalue weighted by Crippen LogP contribution is 2.28. The predicted octanol–water partition coefficient (Wildman–Crippen LogP) is 1.96. The standard InChI is InChI=1S/C19H16N4O3/c1-19(14-8-3-2-4-9-14)17(25)23(18(26)22-19)12-16(24)21-15-10-6-5-7-13(15)11-20/h2-10H,12H2,1H3,(H,21,24)(H,22,26)/t19-/m1/s1. The molecule has 3 rings (SSSR count). The van der Waals surface area contributed by atoms with Crippen molar-refractivity contribution in [3.63, 3.8) is 0 Å². The number of para-hydroxylation sites is 1. The molecule has 0 radical (unpaired) electrons. The number of amides is 4. The second kappa shape index (κ2) is 6.69. The van der Waals surface area contributed by atoms with E-state index in [9.17, 15) is 14.4 Å². The molecule has 1 aliphatic heterocycles. The molecule has 0 spiro atoms. The number of nitrogens with one attached hydrogen (secondary N) is 2. The molecule has 0 aliphatic carbocycles. The van der Waals surface area contributed by atoms with Gasteiger partial charge in [0.15, 0.2) is 0 Å². The van der Waals surface area contributed by atoms with Gasteiger partial charge >= 0.3 is 6.03 Å². The van der Waals surface area contributed by atoms with Crippen molar-refractivity contribution >= 4 is 23.5 Å². The molecule has 7 heteroatoms. The Balaban J connectivity index is 1.76. The fourth-order valence-corrected chi connectivity index (χ4v) is 2.83. The minimum atomic E-state index is -1.22. The first-order chi connectivity index (χ1) is 12.5. The molecule has 1 heterocycles. The van der Waals surface area contributed by atoms with Crippen molar-refractivity contribution in [2.75, 3.05) is 11.9 Å². The molecule has 1 atom stereocenters. The molecule has 1 fully saturated rings. The maximum atomic E-state index is 12.8. The van der Waals surface area contributed by atoms with Gasteiger partial charge in [0.25, 0.3) is 5.91 Å². The highest BCUT2D eigenvalue weighted by atomic mass is 16.2. The van der Waals surface area contributed by atoms with Gasteiger partial charge in [-0.15, -0.1) is 0 Å². The molecule has 1 saturated heterocycles. The van der Waals surface area contributed by atoms with Crippen molar-refractivity contribution in [3.8, 4) is 6.07 Å². The van der Waals surface area contributed by atoms with Gasteiger partial charge in [0.1, 0.15) is 18.2 Å². The van der Waals surface area contributed by atoms with Crippen LogP contribution in [0, 0.1) is 11.3 Å². The van der Waals surface area contributed by atoms with Crippen LogP contribution in [0.2, 0.25) is 0 Å². The fourth-order valence-electron chi connectivity index (χ4n) is 2.83. The Morgan fingerprint density at radius 1 is 1.15 bits per heavy atom. The van der Waals surface area contributed by atoms with Gasteiger partial charge < -0.3 is 10.6 Å². The van der Waals surface area contributed by atoms with Gasteiger partial charge in [-0.3, -0.25) is 14.5 Å². The molecule has 0 bridgehead atoms. The maximum Gasteiger partial charge on any atom is 0.325 e. The van der Waals surface area contributed by atoms with E-state index in [1.807, 2.05) is 12.1 Å². The molecule has 1 aliphatic rings. The number of hydrogen-bond acceptors (Lipinski definition) is 4. The highest BCUT2D eigenvalue weighted by molar-refractivity contribution is 6.10. The molecule has 2 N–H and O–H groups in total. The third-order valence-electron chi connectivity index (χ3n) is 4.25. The SMILES string of the molecule is C[C@]1(c2ccccc2)NC(=O)N(CC(=O)Nc2ccccc2C#N)C1=O. The smallest absolute Gasteiger partial charge is 0.323 e. The number of carbonyl (C=O) groups is 3. The van der Waals surface area contributed by atoms with Gasteiger partial charge in [0.05, 0.1) is 11.3 Å². The summed E-state index contributed by atoms with van der Waals surface area (Å²) in [6.45, 7) is 1.16. The first-order valence-electron chi connectivity index (χ1n) is 7.94. The molecule has 2 aromatic carbocycles. The second-order valence-electron chi connectivity index (χ2n) is 6.02. The molecule has 4 amide bonds. The van der Waals surface area contributed by atoms with Gasteiger partial charge in [0, 0.05) is 0 Å². The summed E-state index contributed by atoms with van der Waals surface area (Å²) in [5, 5.41) is 14.3. The summed E-state index contributed by atoms with van der Waals surface area (Å²) in [5.74, 6) is -1.06. The zero-order chi connectivity index (χ0) is 18.7. The topological polar surface area (TPSA) is 102 Å². The van der Waals surface area contributed by atoms with Crippen molar-refractivity contribution in [2.24, 2.45) is 0 Å². The van der Waals surface area contributed by atoms with E-state index in [1.165, 1.54) is 0 Å². The van der Waals surface area contributed by atoms with Crippen LogP contribution in [-0.2, 0) is 15.1 Å². The quantitative estimate of drug-likeness (QED) is 0.825. The number of imide groups is 1. The summed E-state index contributed by atoms with van der Waals surface area (Å²) in [5.41, 5.74) is 0.0459. The van der Waals surface area contributed by atoms with E-state index >= 15 is 0 Å². The molecule has 0 saturated carbocycles. The number of anilines is 1. The van der Waals surface area contributed by atoms with Crippen LogP contribution in [0.15, 0.2) is 54.6 Å². The van der Waals surface area contributed by atoms with Gasteiger partial charge in [0.2, 0.25) is 5.91 Å². The Morgan fingerprint density at radius 3 is 2.50 bits per heavy atom. The molecule has 2 aromatic rings. The average molecular weight is 348 g/mol. The third kappa shape index (κ3) is 3.00. The number of nitrogens with zero attached hydrogens (tertiary/aromatic N) is 2. The van der Waals surface area contributed by atoms with Crippen LogP contribution >= 0.6 is 0 Å². The third-order valence-corrected chi connectivity index (χ3v) is 4.25. The summed E-state index contributed by atoms with van der Waals surface area (Å²) in [4.78, 5) is 38.2. The Hall–Kier alpha value is -3.66. The van der Waals surface area contributed by atoms with E-state index in [0.29, 0.717) is 16.8 Å². The summed E-state index contributed by atoms with van der Waals surface area (Å²) >= 11 is 0. The van der Waals surface area contributed by atoms with E-state index in [2.05, 4.69) is 10.6 Å². The second-order valence-corrected chi connectivity index (χ2v) is 6.02. The monoisotopic (exact) mass is 348 g/mol. The van der Waals surface area contributed by atoms with Gasteiger partial charge in [-0.1, -0.05) is 42.5 Å². The molecule has 7 nitrogen and oxygen atoms in total. The lowest BCUT2D eigenvalue weighted by Crippen LogP contribution is -2.42. The maximum absolute atomic E-state index is 12.8. The van der Waals surface area contributed by atoms with E-state index in [-0.39, 0.29) is 0 Å². The van der Waals surface area contributed by atoms with Crippen LogP contribution in [0.25, 0.3) is 0 Å². The zero-order valence-corrected chi connectivity index (χ0v) is 14.0. The van der Waals surface area contributed by atoms with Crippen molar-refractivity contribution in [3.05, 3.63) is 65.7 Å². The first kappa shape index (κ1) is 17.2. The lowest BCUT2D eigenvalue weighted by Gasteiger charge is -2.22. The number of rotatable bonds is 4. The summed E-state index contributed by atoms with van der Waals surface area (Å²) < 4.78 is 0. The van der Waals surface area contributed by atoms with E-state index in [0.717, 1.165) is 4.90 Å². The lowest BCUT2D eigenvalue weighted by atomic mass is 9.92. The summed E-state index contributed by atoms with van der Waals surface area (Å²) in [7, 11) is 0. The Labute approximate surface area is 150 Å². The molecule has 0 unspecified atom stereocenters. The van der Waals surface area contributed by atoms with Gasteiger partial charge in [-0.2, -0.15) is 5.26 Å². The molecule has 26 heavy (non-hydrogen) atoms. The van der Waals surface area contributed by atoms with Crippen molar-refractivity contribution < 1.29 is 14.4 Å². The number of benzene rings is 2. The normalized spacial score (nSPS) is 19.0. The Kier molecular flexibility index (Phi) is 4.42. The Morgan fingerprint density at radius 2 is 1.81 bits per heavy atom. The number of carbonyl (C=O) groups excluding carboxylic acids is 3. The number of hydrogen-bond donors (Lipinski definition) is 2. The van der Waals surface area contributed by atoms with Crippen LogP contribution in [0.4, 0.5) is 10.5 Å². The highest BCUT2D eigenvalue weighted by Gasteiger charge is 2.49. The van der Waals surface area contributed by atoms with E-state index in [1.54, 1.807) is 55.5 Å². The molecular formula is C19H16N4O3. The first-order valence-corrected chi connectivity index (χ1v) is 7.94. The minimum Gasteiger partial charge on any atom is -0.323 e. The molecule has 130 valence electrons. The van der Waals surface area contributed by atoms with Crippen molar-refractivity contribution in [1.29, 1.82) is 5.26 Å². The van der Waals surface area contributed by atoms with Crippen LogP contribution in [0.5, 0.6) is 0 Å². The molecule has 0 aromatic heterocycles. The van der Waals surface area contributed by atoms with E-state index in [4.69, 9.17) is 5.26 Å². The van der Waals surface area contributed by atoms with Crippen LogP contribution < -0.4 is 10.6 Å². The zero-order valence-electron chi connectivity index (χ0n) is 14.0. The van der Waals surface area contributed by atoms with Crippen LogP contribution in [0.1, 0.15) is 18.1 Å². The van der Waals surface area contributed by atoms with Crippen molar-refractivity contribution in [1.82, 2.24) is 10.2 Å². The fraction of sp³-hybridized carbons (Fsp3) is 0.158. The average Bonchev–Trinajstić information content (AvgIpc) is 2.87. The van der Waals surface area contributed by atoms with E-state index < -0.39 is 29.9 Å². The van der Waals surface area contributed by atoms with Crippen LogP contribution in [0.3, 0.4) is 0 Å². The summed E-state index contributed by atoms with van der Waals surface area (Å²) in [6.07, 6.45) is 0. The predicted molar refractivity (Wildman–Crippen MR) is 93.8 cm³/mol. The van der Waals surface area contributed by atoms with Gasteiger partial charge in [-0.05, 0) is 24.6 Å². The number of urea groups is 1. The van der Waals surface area contributed by atoms with Gasteiger partial charge in [-0.25, -0.2) is 4.79 Å². The van der Waals surface area contributed by atoms with Crippen molar-refractivity contribution in [2.45, 2.75) is 12.5 Å².